The molecule has 134 valence electrons. The summed E-state index contributed by atoms with van der Waals surface area (Å²) in [4.78, 5) is 12.6. The van der Waals surface area contributed by atoms with E-state index in [9.17, 15) is 4.79 Å². The first-order valence-electron chi connectivity index (χ1n) is 7.97. The van der Waals surface area contributed by atoms with Crippen LogP contribution in [0.25, 0.3) is 0 Å². The Morgan fingerprint density at radius 2 is 1.76 bits per heavy atom. The number of carbonyl (C=O) groups is 1. The number of benzene rings is 2. The second kappa shape index (κ2) is 8.82. The van der Waals surface area contributed by atoms with Crippen LogP contribution in [0.5, 0.6) is 23.0 Å². The van der Waals surface area contributed by atoms with E-state index in [1.54, 1.807) is 30.3 Å². The molecule has 25 heavy (non-hydrogen) atoms. The molecule has 2 rings (SSSR count). The molecule has 2 aromatic rings. The van der Waals surface area contributed by atoms with Gasteiger partial charge in [0.2, 0.25) is 5.75 Å². The second-order valence-electron chi connectivity index (χ2n) is 5.21. The topological polar surface area (TPSA) is 66.0 Å². The Kier molecular flexibility index (Phi) is 6.51. The zero-order valence-corrected chi connectivity index (χ0v) is 14.9. The van der Waals surface area contributed by atoms with Gasteiger partial charge in [-0.25, -0.2) is 0 Å². The third kappa shape index (κ3) is 4.35. The van der Waals surface area contributed by atoms with Crippen LogP contribution in [0.1, 0.15) is 23.7 Å². The Morgan fingerprint density at radius 1 is 1.00 bits per heavy atom. The van der Waals surface area contributed by atoms with E-state index in [4.69, 9.17) is 18.9 Å². The van der Waals surface area contributed by atoms with Crippen molar-refractivity contribution in [2.75, 3.05) is 33.3 Å². The van der Waals surface area contributed by atoms with Crippen LogP contribution < -0.4 is 24.3 Å². The van der Waals surface area contributed by atoms with Crippen LogP contribution in [-0.4, -0.2) is 33.8 Å². The average Bonchev–Trinajstić information content (AvgIpc) is 2.65. The SMILES string of the molecule is CCCOc1cccc(C(=O)Nc2ccc(OC)c(OC)c2OC)c1. The molecule has 0 fully saturated rings. The molecule has 0 bridgehead atoms. The molecule has 0 atom stereocenters. The molecule has 0 aliphatic rings. The fraction of sp³-hybridized carbons (Fsp3) is 0.316. The predicted octanol–water partition coefficient (Wildman–Crippen LogP) is 3.75. The number of ether oxygens (including phenoxy) is 4. The Bertz CT molecular complexity index is 730. The molecule has 0 spiro atoms. The highest BCUT2D eigenvalue weighted by atomic mass is 16.5. The molecule has 1 amide bonds. The van der Waals surface area contributed by atoms with Crippen LogP contribution >= 0.6 is 0 Å². The van der Waals surface area contributed by atoms with E-state index in [1.807, 2.05) is 13.0 Å². The van der Waals surface area contributed by atoms with E-state index < -0.39 is 0 Å². The molecule has 6 heteroatoms. The molecule has 0 aliphatic heterocycles. The Hall–Kier alpha value is -2.89. The van der Waals surface area contributed by atoms with Crippen molar-refractivity contribution >= 4 is 11.6 Å². The fourth-order valence-corrected chi connectivity index (χ4v) is 2.34. The minimum atomic E-state index is -0.271. The van der Waals surface area contributed by atoms with E-state index in [2.05, 4.69) is 5.32 Å². The normalized spacial score (nSPS) is 10.1. The maximum atomic E-state index is 12.6. The maximum absolute atomic E-state index is 12.6. The molecule has 0 unspecified atom stereocenters. The van der Waals surface area contributed by atoms with E-state index in [1.165, 1.54) is 21.3 Å². The second-order valence-corrected chi connectivity index (χ2v) is 5.21. The number of amides is 1. The minimum absolute atomic E-state index is 0.271. The van der Waals surface area contributed by atoms with Gasteiger partial charge >= 0.3 is 0 Å². The molecular weight excluding hydrogens is 322 g/mol. The van der Waals surface area contributed by atoms with Gasteiger partial charge < -0.3 is 24.3 Å². The van der Waals surface area contributed by atoms with Crippen molar-refractivity contribution in [1.82, 2.24) is 0 Å². The van der Waals surface area contributed by atoms with Crippen LogP contribution in [0.2, 0.25) is 0 Å². The van der Waals surface area contributed by atoms with Crippen molar-refractivity contribution in [1.29, 1.82) is 0 Å². The summed E-state index contributed by atoms with van der Waals surface area (Å²) in [6.45, 7) is 2.63. The Labute approximate surface area is 147 Å². The van der Waals surface area contributed by atoms with E-state index in [-0.39, 0.29) is 5.91 Å². The molecular formula is C19H23NO5. The summed E-state index contributed by atoms with van der Waals surface area (Å²) in [5.41, 5.74) is 0.982. The van der Waals surface area contributed by atoms with Gasteiger partial charge in [-0.1, -0.05) is 13.0 Å². The molecule has 1 N–H and O–H groups in total. The van der Waals surface area contributed by atoms with Gasteiger partial charge in [0.25, 0.3) is 5.91 Å². The van der Waals surface area contributed by atoms with Crippen molar-refractivity contribution in [3.63, 3.8) is 0 Å². The first-order valence-corrected chi connectivity index (χ1v) is 7.97. The molecule has 0 aromatic heterocycles. The number of methoxy groups -OCH3 is 3. The van der Waals surface area contributed by atoms with Crippen molar-refractivity contribution in [3.8, 4) is 23.0 Å². The van der Waals surface area contributed by atoms with Crippen molar-refractivity contribution in [2.24, 2.45) is 0 Å². The van der Waals surface area contributed by atoms with Crippen molar-refractivity contribution < 1.29 is 23.7 Å². The highest BCUT2D eigenvalue weighted by Gasteiger charge is 2.18. The summed E-state index contributed by atoms with van der Waals surface area (Å²) in [5.74, 6) is 1.73. The van der Waals surface area contributed by atoms with Gasteiger partial charge in [-0.05, 0) is 36.8 Å². The minimum Gasteiger partial charge on any atom is -0.494 e. The van der Waals surface area contributed by atoms with E-state index >= 15 is 0 Å². The first kappa shape index (κ1) is 18.4. The standard InChI is InChI=1S/C19H23NO5/c1-5-11-25-14-8-6-7-13(12-14)19(21)20-15-9-10-16(22-2)18(24-4)17(15)23-3/h6-10,12H,5,11H2,1-4H3,(H,20,21). The molecule has 0 aliphatic carbocycles. The van der Waals surface area contributed by atoms with Crippen LogP contribution in [0.3, 0.4) is 0 Å². The summed E-state index contributed by atoms with van der Waals surface area (Å²) in [5, 5.41) is 2.83. The van der Waals surface area contributed by atoms with Crippen LogP contribution in [0.4, 0.5) is 5.69 Å². The predicted molar refractivity (Wildman–Crippen MR) is 96.3 cm³/mol. The number of carbonyl (C=O) groups excluding carboxylic acids is 1. The zero-order valence-electron chi connectivity index (χ0n) is 14.9. The van der Waals surface area contributed by atoms with Crippen LogP contribution in [0, 0.1) is 0 Å². The number of anilines is 1. The lowest BCUT2D eigenvalue weighted by Gasteiger charge is -2.16. The molecule has 0 heterocycles. The average molecular weight is 345 g/mol. The highest BCUT2D eigenvalue weighted by Crippen LogP contribution is 2.42. The van der Waals surface area contributed by atoms with Crippen LogP contribution in [0.15, 0.2) is 36.4 Å². The third-order valence-corrected chi connectivity index (χ3v) is 3.52. The third-order valence-electron chi connectivity index (χ3n) is 3.52. The molecule has 0 saturated heterocycles. The smallest absolute Gasteiger partial charge is 0.255 e. The monoisotopic (exact) mass is 345 g/mol. The van der Waals surface area contributed by atoms with Gasteiger partial charge in [0.1, 0.15) is 5.75 Å². The highest BCUT2D eigenvalue weighted by molar-refractivity contribution is 6.05. The number of rotatable bonds is 8. The van der Waals surface area contributed by atoms with Gasteiger partial charge in [0.05, 0.1) is 33.6 Å². The van der Waals surface area contributed by atoms with Gasteiger partial charge in [-0.2, -0.15) is 0 Å². The first-order chi connectivity index (χ1) is 12.1. The molecule has 0 radical (unpaired) electrons. The summed E-state index contributed by atoms with van der Waals surface area (Å²) >= 11 is 0. The lowest BCUT2D eigenvalue weighted by atomic mass is 10.2. The summed E-state index contributed by atoms with van der Waals surface area (Å²) in [7, 11) is 4.56. The number of hydrogen-bond donors (Lipinski definition) is 1. The van der Waals surface area contributed by atoms with E-state index in [0.717, 1.165) is 6.42 Å². The summed E-state index contributed by atoms with van der Waals surface area (Å²) in [6, 6.07) is 10.4. The molecule has 0 saturated carbocycles. The lowest BCUT2D eigenvalue weighted by Crippen LogP contribution is -2.13. The van der Waals surface area contributed by atoms with Gasteiger partial charge in [-0.15, -0.1) is 0 Å². The Morgan fingerprint density at radius 3 is 2.40 bits per heavy atom. The Balaban J connectivity index is 2.26. The zero-order chi connectivity index (χ0) is 18.2. The quantitative estimate of drug-likeness (QED) is 0.789. The van der Waals surface area contributed by atoms with Gasteiger partial charge in [0, 0.05) is 5.56 Å². The van der Waals surface area contributed by atoms with Gasteiger partial charge in [-0.3, -0.25) is 4.79 Å². The molecule has 6 nitrogen and oxygen atoms in total. The largest absolute Gasteiger partial charge is 0.494 e. The maximum Gasteiger partial charge on any atom is 0.255 e. The molecule has 2 aromatic carbocycles. The van der Waals surface area contributed by atoms with Crippen LogP contribution in [-0.2, 0) is 0 Å². The summed E-state index contributed by atoms with van der Waals surface area (Å²) < 4.78 is 21.5. The van der Waals surface area contributed by atoms with E-state index in [0.29, 0.717) is 40.9 Å². The fourth-order valence-electron chi connectivity index (χ4n) is 2.34. The number of nitrogens with one attached hydrogen (secondary N) is 1. The summed E-state index contributed by atoms with van der Waals surface area (Å²) in [6.07, 6.45) is 0.902. The van der Waals surface area contributed by atoms with Gasteiger partial charge in [0.15, 0.2) is 11.5 Å². The lowest BCUT2D eigenvalue weighted by molar-refractivity contribution is 0.102. The van der Waals surface area contributed by atoms with Crippen molar-refractivity contribution in [3.05, 3.63) is 42.0 Å². The van der Waals surface area contributed by atoms with Crippen molar-refractivity contribution in [2.45, 2.75) is 13.3 Å². The number of hydrogen-bond acceptors (Lipinski definition) is 5.